The molecular formula is C20H14N2O2. The van der Waals surface area contributed by atoms with Gasteiger partial charge in [-0.25, -0.2) is 0 Å². The average Bonchev–Trinajstić information content (AvgIpc) is 2.59. The summed E-state index contributed by atoms with van der Waals surface area (Å²) >= 11 is 0. The van der Waals surface area contributed by atoms with Crippen LogP contribution in [0.5, 0.6) is 0 Å². The molecule has 4 heteroatoms. The minimum Gasteiger partial charge on any atom is -0.456 e. The van der Waals surface area contributed by atoms with Crippen LogP contribution in [0.15, 0.2) is 71.1 Å². The van der Waals surface area contributed by atoms with Gasteiger partial charge in [-0.1, -0.05) is 36.4 Å². The number of nitrogens with one attached hydrogen (secondary N) is 1. The molecule has 4 nitrogen and oxygen atoms in total. The Balaban J connectivity index is 2.22. The van der Waals surface area contributed by atoms with Gasteiger partial charge in [-0.15, -0.1) is 0 Å². The summed E-state index contributed by atoms with van der Waals surface area (Å²) < 4.78 is 5.95. The van der Waals surface area contributed by atoms with E-state index in [9.17, 15) is 4.79 Å². The third-order valence-electron chi connectivity index (χ3n) is 4.09. The topological polar surface area (TPSA) is 80.1 Å². The number of primary amides is 1. The average molecular weight is 314 g/mol. The van der Waals surface area contributed by atoms with Crippen LogP contribution in [0.4, 0.5) is 0 Å². The lowest BCUT2D eigenvalue weighted by Gasteiger charge is -2.16. The lowest BCUT2D eigenvalue weighted by Crippen LogP contribution is -2.12. The second kappa shape index (κ2) is 5.35. The third kappa shape index (κ3) is 2.16. The van der Waals surface area contributed by atoms with Crippen molar-refractivity contribution in [2.45, 2.75) is 0 Å². The van der Waals surface area contributed by atoms with E-state index in [-0.39, 0.29) is 0 Å². The summed E-state index contributed by atoms with van der Waals surface area (Å²) in [5, 5.41) is 9.11. The summed E-state index contributed by atoms with van der Waals surface area (Å²) in [5.74, 6) is 0.135. The highest BCUT2D eigenvalue weighted by atomic mass is 16.3. The van der Waals surface area contributed by atoms with Gasteiger partial charge < -0.3 is 15.6 Å². The highest BCUT2D eigenvalue weighted by Crippen LogP contribution is 2.40. The maximum atomic E-state index is 11.9. The van der Waals surface area contributed by atoms with Gasteiger partial charge >= 0.3 is 0 Å². The Labute approximate surface area is 138 Å². The molecule has 1 heterocycles. The Morgan fingerprint density at radius 3 is 2.50 bits per heavy atom. The molecule has 2 aromatic rings. The molecule has 0 spiro atoms. The molecule has 1 aliphatic carbocycles. The number of fused-ring (bicyclic) bond motifs is 2. The third-order valence-corrected chi connectivity index (χ3v) is 4.09. The maximum Gasteiger partial charge on any atom is 0.249 e. The molecule has 1 aliphatic heterocycles. The molecule has 0 bridgehead atoms. The van der Waals surface area contributed by atoms with Crippen molar-refractivity contribution >= 4 is 16.9 Å². The second-order valence-corrected chi connectivity index (χ2v) is 5.59. The zero-order chi connectivity index (χ0) is 16.7. The summed E-state index contributed by atoms with van der Waals surface area (Å²) in [6.07, 6.45) is 0. The molecule has 0 unspecified atom stereocenters. The molecule has 2 aromatic carbocycles. The summed E-state index contributed by atoms with van der Waals surface area (Å²) in [6.45, 7) is 0. The fourth-order valence-electron chi connectivity index (χ4n) is 3.05. The van der Waals surface area contributed by atoms with Crippen LogP contribution < -0.4 is 11.1 Å². The van der Waals surface area contributed by atoms with E-state index in [0.717, 1.165) is 22.1 Å². The van der Waals surface area contributed by atoms with Crippen LogP contribution in [0, 0.1) is 5.41 Å². The molecular weight excluding hydrogens is 300 g/mol. The van der Waals surface area contributed by atoms with Gasteiger partial charge in [-0.2, -0.15) is 0 Å². The van der Waals surface area contributed by atoms with Gasteiger partial charge in [0.1, 0.15) is 11.3 Å². The van der Waals surface area contributed by atoms with E-state index in [2.05, 4.69) is 0 Å². The molecule has 4 rings (SSSR count). The Hall–Kier alpha value is -3.40. The predicted octanol–water partition coefficient (Wildman–Crippen LogP) is 3.78. The number of amides is 1. The SMILES string of the molecule is N=c1ccc2c(-c3ccccc3C(N)=O)c3ccccc3oc-2c1. The lowest BCUT2D eigenvalue weighted by molar-refractivity contribution is 0.100. The van der Waals surface area contributed by atoms with E-state index >= 15 is 0 Å². The van der Waals surface area contributed by atoms with Crippen LogP contribution in [-0.4, -0.2) is 5.91 Å². The summed E-state index contributed by atoms with van der Waals surface area (Å²) in [4.78, 5) is 11.9. The molecule has 1 amide bonds. The van der Waals surface area contributed by atoms with Crippen molar-refractivity contribution in [1.29, 1.82) is 5.41 Å². The fourth-order valence-corrected chi connectivity index (χ4v) is 3.05. The number of hydrogen-bond donors (Lipinski definition) is 2. The zero-order valence-corrected chi connectivity index (χ0v) is 12.7. The van der Waals surface area contributed by atoms with Crippen LogP contribution in [0.25, 0.3) is 33.4 Å². The minimum absolute atomic E-state index is 0.371. The van der Waals surface area contributed by atoms with Gasteiger partial charge in [0.25, 0.3) is 0 Å². The Kier molecular flexibility index (Phi) is 3.17. The smallest absolute Gasteiger partial charge is 0.249 e. The fraction of sp³-hybridized carbons (Fsp3) is 0. The molecule has 2 aliphatic rings. The summed E-state index contributed by atoms with van der Waals surface area (Å²) in [6, 6.07) is 20.2. The van der Waals surface area contributed by atoms with Crippen LogP contribution in [-0.2, 0) is 0 Å². The first-order valence-corrected chi connectivity index (χ1v) is 7.54. The van der Waals surface area contributed by atoms with E-state index < -0.39 is 5.91 Å². The van der Waals surface area contributed by atoms with Gasteiger partial charge in [0, 0.05) is 28.1 Å². The molecule has 0 atom stereocenters. The highest BCUT2D eigenvalue weighted by molar-refractivity contribution is 6.08. The van der Waals surface area contributed by atoms with Gasteiger partial charge in [0.2, 0.25) is 5.91 Å². The quantitative estimate of drug-likeness (QED) is 0.552. The molecule has 24 heavy (non-hydrogen) atoms. The van der Waals surface area contributed by atoms with Crippen molar-refractivity contribution in [3.63, 3.8) is 0 Å². The zero-order valence-electron chi connectivity index (χ0n) is 12.7. The van der Waals surface area contributed by atoms with Crippen molar-refractivity contribution in [2.75, 3.05) is 0 Å². The van der Waals surface area contributed by atoms with Gasteiger partial charge in [-0.05, 0) is 29.8 Å². The van der Waals surface area contributed by atoms with E-state index in [1.54, 1.807) is 24.3 Å². The number of nitrogens with two attached hydrogens (primary N) is 1. The van der Waals surface area contributed by atoms with Crippen LogP contribution in [0.2, 0.25) is 0 Å². The van der Waals surface area contributed by atoms with Gasteiger partial charge in [0.15, 0.2) is 0 Å². The largest absolute Gasteiger partial charge is 0.456 e. The highest BCUT2D eigenvalue weighted by Gasteiger charge is 2.19. The molecule has 116 valence electrons. The van der Waals surface area contributed by atoms with Crippen molar-refractivity contribution < 1.29 is 9.21 Å². The van der Waals surface area contributed by atoms with Crippen molar-refractivity contribution in [1.82, 2.24) is 0 Å². The minimum atomic E-state index is -0.472. The molecule has 0 radical (unpaired) electrons. The molecule has 0 saturated heterocycles. The number of carbonyl (C=O) groups is 1. The monoisotopic (exact) mass is 314 g/mol. The Morgan fingerprint density at radius 1 is 0.917 bits per heavy atom. The van der Waals surface area contributed by atoms with Gasteiger partial charge in [0.05, 0.1) is 5.36 Å². The number of carbonyl (C=O) groups excluding carboxylic acids is 1. The second-order valence-electron chi connectivity index (χ2n) is 5.59. The first kappa shape index (κ1) is 14.2. The molecule has 0 saturated carbocycles. The standard InChI is InChI=1S/C20H14N2O2/c21-12-9-10-16-18(11-12)24-17-8-4-3-7-15(17)19(16)13-5-1-2-6-14(13)20(22)23/h1-11,21H,(H2,22,23). The molecule has 0 aromatic heterocycles. The van der Waals surface area contributed by atoms with E-state index in [0.29, 0.717) is 22.3 Å². The number of rotatable bonds is 2. The van der Waals surface area contributed by atoms with Crippen molar-refractivity contribution in [3.05, 3.63) is 77.7 Å². The predicted molar refractivity (Wildman–Crippen MR) is 92.6 cm³/mol. The number of hydrogen-bond acceptors (Lipinski definition) is 3. The van der Waals surface area contributed by atoms with E-state index in [4.69, 9.17) is 15.6 Å². The summed E-state index contributed by atoms with van der Waals surface area (Å²) in [5.41, 5.74) is 9.23. The van der Waals surface area contributed by atoms with Crippen LogP contribution >= 0.6 is 0 Å². The number of para-hydroxylation sites is 1. The molecule has 3 N–H and O–H groups in total. The Morgan fingerprint density at radius 2 is 1.67 bits per heavy atom. The van der Waals surface area contributed by atoms with Gasteiger partial charge in [-0.3, -0.25) is 4.79 Å². The van der Waals surface area contributed by atoms with Crippen molar-refractivity contribution in [3.8, 4) is 22.5 Å². The number of benzene rings is 3. The van der Waals surface area contributed by atoms with E-state index in [1.165, 1.54) is 0 Å². The van der Waals surface area contributed by atoms with E-state index in [1.807, 2.05) is 42.5 Å². The normalized spacial score (nSPS) is 11.0. The lowest BCUT2D eigenvalue weighted by atomic mass is 9.90. The maximum absolute atomic E-state index is 11.9. The first-order chi connectivity index (χ1) is 11.6. The van der Waals surface area contributed by atoms with Crippen LogP contribution in [0.3, 0.4) is 0 Å². The summed E-state index contributed by atoms with van der Waals surface area (Å²) in [7, 11) is 0. The van der Waals surface area contributed by atoms with Crippen molar-refractivity contribution in [2.24, 2.45) is 5.73 Å². The molecule has 0 fully saturated rings. The van der Waals surface area contributed by atoms with Crippen LogP contribution in [0.1, 0.15) is 10.4 Å². The Bertz CT molecular complexity index is 1110. The first-order valence-electron chi connectivity index (χ1n) is 7.54.